The molecule has 5 nitrogen and oxygen atoms in total. The van der Waals surface area contributed by atoms with Crippen LogP contribution in [0.2, 0.25) is 0 Å². The maximum Gasteiger partial charge on any atom is 0.270 e. The van der Waals surface area contributed by atoms with Gasteiger partial charge in [0.2, 0.25) is 0 Å². The molecule has 0 radical (unpaired) electrons. The molecule has 6 heteroatoms. The highest BCUT2D eigenvalue weighted by Crippen LogP contribution is 2.39. The molecule has 0 aliphatic carbocycles. The molecule has 25 heavy (non-hydrogen) atoms. The second-order valence-corrected chi connectivity index (χ2v) is 5.95. The summed E-state index contributed by atoms with van der Waals surface area (Å²) in [4.78, 5) is 4.41. The van der Waals surface area contributed by atoms with E-state index in [1.54, 1.807) is 21.6 Å². The summed E-state index contributed by atoms with van der Waals surface area (Å²) in [6, 6.07) is 9.67. The van der Waals surface area contributed by atoms with Crippen LogP contribution in [0, 0.1) is 0 Å². The van der Waals surface area contributed by atoms with Gasteiger partial charge in [-0.3, -0.25) is 0 Å². The molecule has 1 aromatic carbocycles. The van der Waals surface area contributed by atoms with Crippen molar-refractivity contribution in [3.63, 3.8) is 0 Å². The lowest BCUT2D eigenvalue weighted by atomic mass is 10.0. The smallest absolute Gasteiger partial charge is 0.239 e. The van der Waals surface area contributed by atoms with E-state index in [0.717, 1.165) is 16.8 Å². The third-order valence-electron chi connectivity index (χ3n) is 4.40. The predicted octanol–water partition coefficient (Wildman–Crippen LogP) is 4.14. The van der Waals surface area contributed by atoms with Crippen molar-refractivity contribution in [2.45, 2.75) is 25.6 Å². The fraction of sp³-hybridized carbons (Fsp3) is 0.211. The van der Waals surface area contributed by atoms with E-state index >= 15 is 0 Å². The van der Waals surface area contributed by atoms with Crippen molar-refractivity contribution in [2.75, 3.05) is 0 Å². The number of nitrogens with zero attached hydrogens (tertiary/aromatic N) is 5. The van der Waals surface area contributed by atoms with Crippen molar-refractivity contribution in [3.8, 4) is 5.95 Å². The molecule has 0 N–H and O–H groups in total. The number of fused-ring (bicyclic) bond motifs is 1. The first kappa shape index (κ1) is 15.5. The first-order valence-electron chi connectivity index (χ1n) is 8.22. The van der Waals surface area contributed by atoms with E-state index in [1.165, 1.54) is 0 Å². The minimum atomic E-state index is -1.13. The normalized spacial score (nSPS) is 19.4. The molecule has 0 saturated heterocycles. The molecule has 1 aliphatic heterocycles. The number of alkyl halides is 1. The summed E-state index contributed by atoms with van der Waals surface area (Å²) in [5.41, 5.74) is 2.73. The van der Waals surface area contributed by atoms with E-state index in [9.17, 15) is 4.39 Å². The van der Waals surface area contributed by atoms with E-state index in [0.29, 0.717) is 18.2 Å². The fourth-order valence-corrected chi connectivity index (χ4v) is 3.25. The molecule has 1 aliphatic rings. The van der Waals surface area contributed by atoms with Crippen molar-refractivity contribution in [1.29, 1.82) is 0 Å². The Kier molecular flexibility index (Phi) is 3.80. The molecule has 2 atom stereocenters. The first-order chi connectivity index (χ1) is 12.2. The summed E-state index contributed by atoms with van der Waals surface area (Å²) in [7, 11) is 0. The van der Waals surface area contributed by atoms with Crippen LogP contribution in [0.25, 0.3) is 18.1 Å². The zero-order valence-corrected chi connectivity index (χ0v) is 13.9. The lowest BCUT2D eigenvalue weighted by molar-refractivity contribution is 0.328. The van der Waals surface area contributed by atoms with E-state index in [-0.39, 0.29) is 6.04 Å². The van der Waals surface area contributed by atoms with Gasteiger partial charge < -0.3 is 0 Å². The summed E-state index contributed by atoms with van der Waals surface area (Å²) in [5.74, 6) is 0.714. The van der Waals surface area contributed by atoms with Crippen molar-refractivity contribution < 1.29 is 4.39 Å². The molecule has 3 heterocycles. The second-order valence-electron chi connectivity index (χ2n) is 5.95. The van der Waals surface area contributed by atoms with Gasteiger partial charge in [-0.1, -0.05) is 49.1 Å². The Hall–Kier alpha value is -3.02. The van der Waals surface area contributed by atoms with Crippen LogP contribution in [0.3, 0.4) is 0 Å². The number of rotatable bonds is 4. The number of hydrogen-bond acceptors (Lipinski definition) is 3. The lowest BCUT2D eigenvalue weighted by Gasteiger charge is -2.11. The van der Waals surface area contributed by atoms with Crippen LogP contribution in [0.4, 0.5) is 4.39 Å². The van der Waals surface area contributed by atoms with E-state index < -0.39 is 6.17 Å². The van der Waals surface area contributed by atoms with E-state index in [4.69, 9.17) is 0 Å². The zero-order chi connectivity index (χ0) is 17.4. The van der Waals surface area contributed by atoms with Crippen molar-refractivity contribution in [3.05, 3.63) is 71.8 Å². The molecule has 0 saturated carbocycles. The summed E-state index contributed by atoms with van der Waals surface area (Å²) < 4.78 is 17.8. The average Bonchev–Trinajstić information content (AvgIpc) is 3.30. The summed E-state index contributed by atoms with van der Waals surface area (Å²) in [5, 5.41) is 8.89. The van der Waals surface area contributed by atoms with Crippen LogP contribution >= 0.6 is 0 Å². The fourth-order valence-electron chi connectivity index (χ4n) is 3.25. The van der Waals surface area contributed by atoms with Gasteiger partial charge in [0.1, 0.15) is 0 Å². The summed E-state index contributed by atoms with van der Waals surface area (Å²) in [6.45, 7) is 5.78. The van der Waals surface area contributed by atoms with Gasteiger partial charge in [-0.05, 0) is 18.6 Å². The number of benzene rings is 1. The lowest BCUT2D eigenvalue weighted by Crippen LogP contribution is -2.09. The largest absolute Gasteiger partial charge is 0.270 e. The van der Waals surface area contributed by atoms with Gasteiger partial charge in [-0.15, -0.1) is 5.10 Å². The molecule has 0 spiro atoms. The predicted molar refractivity (Wildman–Crippen MR) is 95.0 cm³/mol. The Labute approximate surface area is 145 Å². The number of hydrogen-bond donors (Lipinski definition) is 0. The van der Waals surface area contributed by atoms with Gasteiger partial charge in [0.15, 0.2) is 12.0 Å². The van der Waals surface area contributed by atoms with Gasteiger partial charge in [0.25, 0.3) is 5.95 Å². The Balaban J connectivity index is 1.79. The molecule has 3 aromatic rings. The average molecular weight is 335 g/mol. The Bertz CT molecular complexity index is 938. The maximum atomic E-state index is 14.5. The van der Waals surface area contributed by atoms with Crippen LogP contribution in [0.5, 0.6) is 0 Å². The van der Waals surface area contributed by atoms with Gasteiger partial charge in [0.05, 0.1) is 17.9 Å². The van der Waals surface area contributed by atoms with E-state index in [2.05, 4.69) is 21.8 Å². The molecule has 4 rings (SSSR count). The number of allylic oxidation sites excluding steroid dienone is 1. The standard InChI is InChI=1S/C19H18FN5/c1-3-8-14-12-21-25(16(14)4-2)19-22-18-15(20)11-17(24(18)23-19)13-9-6-5-7-10-13/h3-10,12,15,17H,2,11H2,1H3/b8-3-. The summed E-state index contributed by atoms with van der Waals surface area (Å²) >= 11 is 0. The minimum Gasteiger partial charge on any atom is -0.239 e. The highest BCUT2D eigenvalue weighted by molar-refractivity contribution is 5.62. The second kappa shape index (κ2) is 6.12. The van der Waals surface area contributed by atoms with Crippen LogP contribution < -0.4 is 0 Å². The molecule has 2 unspecified atom stereocenters. The highest BCUT2D eigenvalue weighted by Gasteiger charge is 2.35. The first-order valence-corrected chi connectivity index (χ1v) is 8.22. The Morgan fingerprint density at radius 1 is 1.28 bits per heavy atom. The van der Waals surface area contributed by atoms with Crippen molar-refractivity contribution in [2.24, 2.45) is 0 Å². The Morgan fingerprint density at radius 3 is 2.80 bits per heavy atom. The molecular weight excluding hydrogens is 317 g/mol. The molecular formula is C19H18FN5. The molecule has 126 valence electrons. The zero-order valence-electron chi connectivity index (χ0n) is 13.9. The van der Waals surface area contributed by atoms with Crippen LogP contribution in [0.1, 0.15) is 48.2 Å². The quantitative estimate of drug-likeness (QED) is 0.720. The van der Waals surface area contributed by atoms with Crippen LogP contribution in [0.15, 0.2) is 49.2 Å². The monoisotopic (exact) mass is 335 g/mol. The summed E-state index contributed by atoms with van der Waals surface area (Å²) in [6.07, 6.45) is 6.52. The van der Waals surface area contributed by atoms with Gasteiger partial charge in [0, 0.05) is 12.0 Å². The SMILES string of the molecule is C=Cc1c(/C=C\C)cnn1-c1nc2n(n1)C(c1ccccc1)CC2F. The molecule has 0 fully saturated rings. The van der Waals surface area contributed by atoms with Gasteiger partial charge in [-0.25, -0.2) is 9.07 Å². The molecule has 0 amide bonds. The number of halogens is 1. The number of aromatic nitrogens is 5. The van der Waals surface area contributed by atoms with Gasteiger partial charge in [-0.2, -0.15) is 14.8 Å². The highest BCUT2D eigenvalue weighted by atomic mass is 19.1. The molecule has 2 aromatic heterocycles. The van der Waals surface area contributed by atoms with Crippen LogP contribution in [-0.2, 0) is 0 Å². The molecule has 0 bridgehead atoms. The van der Waals surface area contributed by atoms with E-state index in [1.807, 2.05) is 49.4 Å². The van der Waals surface area contributed by atoms with Gasteiger partial charge >= 0.3 is 0 Å². The third-order valence-corrected chi connectivity index (χ3v) is 4.40. The Morgan fingerprint density at radius 2 is 2.08 bits per heavy atom. The van der Waals surface area contributed by atoms with Crippen molar-refractivity contribution >= 4 is 12.2 Å². The third kappa shape index (κ3) is 2.50. The van der Waals surface area contributed by atoms with Crippen molar-refractivity contribution in [1.82, 2.24) is 24.5 Å². The minimum absolute atomic E-state index is 0.148. The maximum absolute atomic E-state index is 14.5. The topological polar surface area (TPSA) is 48.5 Å². The van der Waals surface area contributed by atoms with Crippen LogP contribution in [-0.4, -0.2) is 24.5 Å².